The molecule has 0 spiro atoms. The molecule has 10 nitrogen and oxygen atoms in total. The van der Waals surface area contributed by atoms with Crippen molar-refractivity contribution in [2.45, 2.75) is 5.75 Å². The smallest absolute Gasteiger partial charge is 0.406 e. The lowest BCUT2D eigenvalue weighted by Crippen LogP contribution is -2.05. The summed E-state index contributed by atoms with van der Waals surface area (Å²) >= 11 is 0. The molecule has 1 aromatic heterocycles. The van der Waals surface area contributed by atoms with Gasteiger partial charge in [-0.2, -0.15) is 0 Å². The molecule has 1 aromatic carbocycles. The zero-order valence-corrected chi connectivity index (χ0v) is 17.1. The van der Waals surface area contributed by atoms with Gasteiger partial charge in [0.05, 0.1) is 34.0 Å². The third kappa shape index (κ3) is 5.35. The quantitative estimate of drug-likeness (QED) is 0.441. The molecule has 156 valence electrons. The molecule has 0 saturated heterocycles. The number of hydrogen-bond donors (Lipinski definition) is 0. The minimum Gasteiger partial charge on any atom is -0.496 e. The summed E-state index contributed by atoms with van der Waals surface area (Å²) in [5, 5.41) is 12.0. The molecule has 2 rings (SSSR count). The first-order chi connectivity index (χ1) is 13.7. The van der Waals surface area contributed by atoms with Crippen molar-refractivity contribution < 1.29 is 32.3 Å². The van der Waals surface area contributed by atoms with E-state index in [9.17, 15) is 18.5 Å². The van der Waals surface area contributed by atoms with Gasteiger partial charge in [0, 0.05) is 17.5 Å². The van der Waals surface area contributed by atoms with Gasteiger partial charge in [-0.1, -0.05) is 0 Å². The topological polar surface area (TPSA) is 127 Å². The van der Waals surface area contributed by atoms with E-state index in [0.29, 0.717) is 22.8 Å². The summed E-state index contributed by atoms with van der Waals surface area (Å²) in [6.45, 7) is 0. The lowest BCUT2D eigenvalue weighted by atomic mass is 10.1. The molecule has 0 saturated carbocycles. The van der Waals surface area contributed by atoms with Crippen molar-refractivity contribution in [3.8, 4) is 23.0 Å². The molecule has 0 atom stereocenters. The molecule has 0 bridgehead atoms. The van der Waals surface area contributed by atoms with Crippen LogP contribution in [0, 0.1) is 10.1 Å². The van der Waals surface area contributed by atoms with E-state index in [1.54, 1.807) is 12.1 Å². The Hall–Kier alpha value is -3.34. The fraction of sp³-hybridized carbons (Fsp3) is 0.278. The summed E-state index contributed by atoms with van der Waals surface area (Å²) in [5.41, 5.74) is 0.406. The van der Waals surface area contributed by atoms with Crippen molar-refractivity contribution in [1.82, 2.24) is 4.98 Å². The molecule has 0 radical (unpaired) electrons. The number of sulfone groups is 1. The maximum absolute atomic E-state index is 12.5. The molecule has 0 fully saturated rings. The van der Waals surface area contributed by atoms with E-state index in [0.717, 1.165) is 5.41 Å². The van der Waals surface area contributed by atoms with Crippen LogP contribution in [0.3, 0.4) is 0 Å². The van der Waals surface area contributed by atoms with Crippen LogP contribution < -0.4 is 18.9 Å². The lowest BCUT2D eigenvalue weighted by molar-refractivity contribution is -0.390. The van der Waals surface area contributed by atoms with Crippen LogP contribution in [0.2, 0.25) is 0 Å². The molecule has 0 amide bonds. The maximum Gasteiger partial charge on any atom is 0.406 e. The molecule has 0 aliphatic heterocycles. The monoisotopic (exact) mass is 424 g/mol. The van der Waals surface area contributed by atoms with Crippen LogP contribution in [-0.4, -0.2) is 46.8 Å². The SMILES string of the molecule is COc1cc(OC)c(/C=C/S(=O)(=O)Cc2ccc(OC)c([N+](=O)[O-])n2)c(OC)c1. The van der Waals surface area contributed by atoms with Crippen molar-refractivity contribution in [2.24, 2.45) is 0 Å². The second kappa shape index (κ2) is 9.24. The predicted molar refractivity (Wildman–Crippen MR) is 105 cm³/mol. The molecule has 11 heteroatoms. The summed E-state index contributed by atoms with van der Waals surface area (Å²) in [4.78, 5) is 14.1. The van der Waals surface area contributed by atoms with Crippen LogP contribution in [0.15, 0.2) is 29.7 Å². The number of benzene rings is 1. The largest absolute Gasteiger partial charge is 0.496 e. The molecule has 29 heavy (non-hydrogen) atoms. The highest BCUT2D eigenvalue weighted by Crippen LogP contribution is 2.35. The zero-order chi connectivity index (χ0) is 21.6. The minimum atomic E-state index is -3.81. The molecular weight excluding hydrogens is 404 g/mol. The van der Waals surface area contributed by atoms with Gasteiger partial charge in [0.2, 0.25) is 5.75 Å². The Kier molecular flexibility index (Phi) is 6.99. The van der Waals surface area contributed by atoms with Gasteiger partial charge in [-0.25, -0.2) is 8.42 Å². The van der Waals surface area contributed by atoms with Crippen LogP contribution in [0.4, 0.5) is 5.82 Å². The van der Waals surface area contributed by atoms with Gasteiger partial charge in [0.25, 0.3) is 0 Å². The number of ether oxygens (including phenoxy) is 4. The Morgan fingerprint density at radius 1 is 1.00 bits per heavy atom. The van der Waals surface area contributed by atoms with Gasteiger partial charge >= 0.3 is 5.82 Å². The van der Waals surface area contributed by atoms with Crippen LogP contribution in [-0.2, 0) is 15.6 Å². The lowest BCUT2D eigenvalue weighted by Gasteiger charge is -2.12. The van der Waals surface area contributed by atoms with Gasteiger partial charge in [0.1, 0.15) is 23.0 Å². The van der Waals surface area contributed by atoms with Gasteiger partial charge in [0.15, 0.2) is 15.5 Å². The number of rotatable bonds is 9. The van der Waals surface area contributed by atoms with Crippen LogP contribution in [0.5, 0.6) is 23.0 Å². The summed E-state index contributed by atoms with van der Waals surface area (Å²) in [6.07, 6.45) is 1.32. The number of pyridine rings is 1. The van der Waals surface area contributed by atoms with Crippen molar-refractivity contribution in [2.75, 3.05) is 28.4 Å². The van der Waals surface area contributed by atoms with Crippen LogP contribution in [0.1, 0.15) is 11.3 Å². The average Bonchev–Trinajstić information content (AvgIpc) is 2.71. The van der Waals surface area contributed by atoms with E-state index in [-0.39, 0.29) is 11.4 Å². The molecule has 2 aromatic rings. The van der Waals surface area contributed by atoms with Crippen LogP contribution in [0.25, 0.3) is 6.08 Å². The first-order valence-corrected chi connectivity index (χ1v) is 9.85. The average molecular weight is 424 g/mol. The van der Waals surface area contributed by atoms with E-state index < -0.39 is 26.3 Å². The summed E-state index contributed by atoms with van der Waals surface area (Å²) in [5.74, 6) is 0.0435. The van der Waals surface area contributed by atoms with E-state index in [4.69, 9.17) is 18.9 Å². The van der Waals surface area contributed by atoms with Crippen molar-refractivity contribution in [1.29, 1.82) is 0 Å². The Morgan fingerprint density at radius 2 is 1.59 bits per heavy atom. The highest BCUT2D eigenvalue weighted by atomic mass is 32.2. The molecular formula is C18H20N2O8S. The number of methoxy groups -OCH3 is 4. The normalized spacial score (nSPS) is 11.3. The summed E-state index contributed by atoms with van der Waals surface area (Å²) < 4.78 is 45.6. The van der Waals surface area contributed by atoms with Crippen LogP contribution >= 0.6 is 0 Å². The predicted octanol–water partition coefficient (Wildman–Crippen LogP) is 2.61. The summed E-state index contributed by atoms with van der Waals surface area (Å²) in [6, 6.07) is 5.83. The summed E-state index contributed by atoms with van der Waals surface area (Å²) in [7, 11) is 1.80. The van der Waals surface area contributed by atoms with E-state index in [2.05, 4.69) is 4.98 Å². The highest BCUT2D eigenvalue weighted by Gasteiger charge is 2.21. The van der Waals surface area contributed by atoms with E-state index >= 15 is 0 Å². The third-order valence-corrected chi connectivity index (χ3v) is 5.08. The Balaban J connectivity index is 2.36. The fourth-order valence-corrected chi connectivity index (χ4v) is 3.48. The molecule has 0 aliphatic carbocycles. The van der Waals surface area contributed by atoms with Crippen molar-refractivity contribution >= 4 is 21.7 Å². The molecule has 0 unspecified atom stereocenters. The Bertz CT molecular complexity index is 1010. The van der Waals surface area contributed by atoms with Gasteiger partial charge < -0.3 is 29.1 Å². The fourth-order valence-electron chi connectivity index (χ4n) is 2.47. The Labute approximate surface area is 167 Å². The third-order valence-electron chi connectivity index (χ3n) is 3.83. The first-order valence-electron chi connectivity index (χ1n) is 8.13. The molecule has 1 heterocycles. The van der Waals surface area contributed by atoms with Crippen molar-refractivity contribution in [3.05, 3.63) is 51.0 Å². The first kappa shape index (κ1) is 22.0. The number of nitrogens with zero attached hydrogens (tertiary/aromatic N) is 2. The van der Waals surface area contributed by atoms with Gasteiger partial charge in [-0.15, -0.1) is 0 Å². The van der Waals surface area contributed by atoms with Gasteiger partial charge in [-0.05, 0) is 28.1 Å². The maximum atomic E-state index is 12.5. The standard InChI is InChI=1S/C18H20N2O8S/c1-25-13-9-16(27-3)14(17(10-13)28-4)7-8-29(23,24)11-12-5-6-15(26-2)18(19-12)20(21)22/h5-10H,11H2,1-4H3/b8-7+. The van der Waals surface area contributed by atoms with E-state index in [1.807, 2.05) is 0 Å². The second-order valence-corrected chi connectivity index (χ2v) is 7.53. The highest BCUT2D eigenvalue weighted by molar-refractivity contribution is 7.93. The number of hydrogen-bond acceptors (Lipinski definition) is 9. The number of nitro groups is 1. The number of aromatic nitrogens is 1. The van der Waals surface area contributed by atoms with E-state index in [1.165, 1.54) is 46.6 Å². The minimum absolute atomic E-state index is 0.0100. The van der Waals surface area contributed by atoms with Crippen molar-refractivity contribution in [3.63, 3.8) is 0 Å². The zero-order valence-electron chi connectivity index (χ0n) is 16.2. The van der Waals surface area contributed by atoms with Gasteiger partial charge in [-0.3, -0.25) is 0 Å². The molecule has 0 N–H and O–H groups in total. The second-order valence-electron chi connectivity index (χ2n) is 5.64. The molecule has 0 aliphatic rings. The Morgan fingerprint density at radius 3 is 2.07 bits per heavy atom.